The van der Waals surface area contributed by atoms with Gasteiger partial charge in [-0.2, -0.15) is 13.2 Å². The van der Waals surface area contributed by atoms with Crippen molar-refractivity contribution >= 4 is 45.7 Å². The number of fused-ring (bicyclic) bond motifs is 1. The third-order valence-corrected chi connectivity index (χ3v) is 5.51. The van der Waals surface area contributed by atoms with Crippen LogP contribution >= 0.6 is 11.6 Å². The Labute approximate surface area is 192 Å². The molecule has 1 aliphatic rings. The molecular formula is C23H19ClF3N3O3. The summed E-state index contributed by atoms with van der Waals surface area (Å²) in [5, 5.41) is 5.79. The van der Waals surface area contributed by atoms with Crippen molar-refractivity contribution in [3.8, 4) is 0 Å². The average molecular weight is 478 g/mol. The number of amides is 2. The minimum Gasteiger partial charge on any atom is -0.368 e. The van der Waals surface area contributed by atoms with Crippen molar-refractivity contribution in [2.45, 2.75) is 32.0 Å². The highest BCUT2D eigenvalue weighted by atomic mass is 35.5. The van der Waals surface area contributed by atoms with Gasteiger partial charge in [0.2, 0.25) is 0 Å². The molecule has 6 nitrogen and oxygen atoms in total. The second kappa shape index (κ2) is 8.99. The third kappa shape index (κ3) is 5.09. The van der Waals surface area contributed by atoms with E-state index in [2.05, 4.69) is 15.6 Å². The Balaban J connectivity index is 1.61. The molecule has 0 aliphatic carbocycles. The Bertz CT molecular complexity index is 1240. The fourth-order valence-corrected chi connectivity index (χ4v) is 3.82. The Morgan fingerprint density at radius 1 is 1.12 bits per heavy atom. The second-order valence-corrected chi connectivity index (χ2v) is 8.10. The van der Waals surface area contributed by atoms with Gasteiger partial charge < -0.3 is 15.4 Å². The van der Waals surface area contributed by atoms with Crippen molar-refractivity contribution in [1.29, 1.82) is 0 Å². The third-order valence-electron chi connectivity index (χ3n) is 5.27. The van der Waals surface area contributed by atoms with Gasteiger partial charge in [-0.15, -0.1) is 0 Å². The zero-order valence-corrected chi connectivity index (χ0v) is 18.2. The minimum atomic E-state index is -4.77. The quantitative estimate of drug-likeness (QED) is 0.513. The van der Waals surface area contributed by atoms with Crippen LogP contribution in [0.25, 0.3) is 10.9 Å². The van der Waals surface area contributed by atoms with Crippen LogP contribution in [0.4, 0.5) is 24.5 Å². The molecule has 0 bridgehead atoms. The standard InChI is InChI=1S/C23H19ClF3N3O3/c1-12-16(10-13-9-14(24)4-6-18(13)28-12)21(31)30-19-7-5-15(11-17(19)23(25,26)27)29-22(32)20-3-2-8-33-20/h4-7,9-11,20H,2-3,8H2,1H3,(H,29,32)(H,30,31). The summed E-state index contributed by atoms with van der Waals surface area (Å²) >= 11 is 5.99. The molecule has 1 fully saturated rings. The number of aryl methyl sites for hydroxylation is 1. The molecule has 2 amide bonds. The molecular weight excluding hydrogens is 459 g/mol. The number of nitrogens with zero attached hydrogens (tertiary/aromatic N) is 1. The maximum absolute atomic E-state index is 13.7. The molecule has 0 saturated carbocycles. The van der Waals surface area contributed by atoms with E-state index >= 15 is 0 Å². The van der Waals surface area contributed by atoms with Crippen LogP contribution in [-0.4, -0.2) is 29.5 Å². The van der Waals surface area contributed by atoms with Gasteiger partial charge in [0.15, 0.2) is 0 Å². The number of rotatable bonds is 4. The first kappa shape index (κ1) is 23.0. The smallest absolute Gasteiger partial charge is 0.368 e. The summed E-state index contributed by atoms with van der Waals surface area (Å²) in [7, 11) is 0. The number of benzene rings is 2. The number of anilines is 2. The molecule has 1 atom stereocenters. The number of hydrogen-bond donors (Lipinski definition) is 2. The highest BCUT2D eigenvalue weighted by Crippen LogP contribution is 2.37. The summed E-state index contributed by atoms with van der Waals surface area (Å²) < 4.78 is 46.5. The maximum atomic E-state index is 13.7. The first-order valence-corrected chi connectivity index (χ1v) is 10.5. The summed E-state index contributed by atoms with van der Waals surface area (Å²) in [4.78, 5) is 29.4. The zero-order chi connectivity index (χ0) is 23.8. The molecule has 1 aromatic heterocycles. The van der Waals surface area contributed by atoms with Crippen molar-refractivity contribution in [3.63, 3.8) is 0 Å². The van der Waals surface area contributed by atoms with Crippen LogP contribution in [0.15, 0.2) is 42.5 Å². The van der Waals surface area contributed by atoms with Gasteiger partial charge in [-0.05, 0) is 62.2 Å². The highest BCUT2D eigenvalue weighted by molar-refractivity contribution is 6.31. The lowest BCUT2D eigenvalue weighted by Crippen LogP contribution is -2.27. The van der Waals surface area contributed by atoms with E-state index in [0.29, 0.717) is 41.1 Å². The number of nitrogens with one attached hydrogen (secondary N) is 2. The fraction of sp³-hybridized carbons (Fsp3) is 0.261. The topological polar surface area (TPSA) is 80.3 Å². The molecule has 0 radical (unpaired) electrons. The lowest BCUT2D eigenvalue weighted by Gasteiger charge is -2.17. The average Bonchev–Trinajstić information content (AvgIpc) is 3.29. The van der Waals surface area contributed by atoms with Crippen LogP contribution in [0.2, 0.25) is 5.02 Å². The van der Waals surface area contributed by atoms with Gasteiger partial charge in [0, 0.05) is 22.7 Å². The summed E-state index contributed by atoms with van der Waals surface area (Å²) in [5.41, 5.74) is -0.483. The molecule has 172 valence electrons. The number of carbonyl (C=O) groups excluding carboxylic acids is 2. The molecule has 4 rings (SSSR count). The molecule has 1 aliphatic heterocycles. The lowest BCUT2D eigenvalue weighted by molar-refractivity contribution is -0.137. The molecule has 33 heavy (non-hydrogen) atoms. The van der Waals surface area contributed by atoms with Gasteiger partial charge in [-0.3, -0.25) is 14.6 Å². The molecule has 3 aromatic rings. The Morgan fingerprint density at radius 2 is 1.91 bits per heavy atom. The predicted octanol–water partition coefficient (Wildman–Crippen LogP) is 5.59. The highest BCUT2D eigenvalue weighted by Gasteiger charge is 2.35. The number of hydrogen-bond acceptors (Lipinski definition) is 4. The first-order valence-electron chi connectivity index (χ1n) is 10.1. The number of ether oxygens (including phenoxy) is 1. The zero-order valence-electron chi connectivity index (χ0n) is 17.4. The number of halogens is 4. The van der Waals surface area contributed by atoms with Crippen molar-refractivity contribution in [2.75, 3.05) is 17.2 Å². The van der Waals surface area contributed by atoms with Crippen LogP contribution in [-0.2, 0) is 15.7 Å². The molecule has 2 N–H and O–H groups in total. The van der Waals surface area contributed by atoms with Gasteiger partial charge in [-0.1, -0.05) is 11.6 Å². The minimum absolute atomic E-state index is 0.0426. The molecule has 1 unspecified atom stereocenters. The monoisotopic (exact) mass is 477 g/mol. The largest absolute Gasteiger partial charge is 0.418 e. The Hall–Kier alpha value is -3.17. The first-order chi connectivity index (χ1) is 15.6. The summed E-state index contributed by atoms with van der Waals surface area (Å²) in [5.74, 6) is -1.25. The van der Waals surface area contributed by atoms with E-state index in [1.165, 1.54) is 12.1 Å². The normalized spacial score (nSPS) is 16.1. The van der Waals surface area contributed by atoms with E-state index in [-0.39, 0.29) is 11.3 Å². The van der Waals surface area contributed by atoms with E-state index in [4.69, 9.17) is 16.3 Å². The van der Waals surface area contributed by atoms with E-state index < -0.39 is 35.3 Å². The van der Waals surface area contributed by atoms with Crippen molar-refractivity contribution in [1.82, 2.24) is 4.98 Å². The summed E-state index contributed by atoms with van der Waals surface area (Å²) in [6, 6.07) is 9.68. The van der Waals surface area contributed by atoms with Crippen LogP contribution in [0.5, 0.6) is 0 Å². The van der Waals surface area contributed by atoms with Crippen molar-refractivity contribution in [2.24, 2.45) is 0 Å². The van der Waals surface area contributed by atoms with Crippen LogP contribution in [0.1, 0.15) is 34.5 Å². The molecule has 10 heteroatoms. The van der Waals surface area contributed by atoms with E-state index in [9.17, 15) is 22.8 Å². The summed E-state index contributed by atoms with van der Waals surface area (Å²) in [6.07, 6.45) is -4.23. The number of carbonyl (C=O) groups is 2. The van der Waals surface area contributed by atoms with Crippen LogP contribution in [0.3, 0.4) is 0 Å². The van der Waals surface area contributed by atoms with Gasteiger partial charge in [0.25, 0.3) is 11.8 Å². The number of pyridine rings is 1. The molecule has 2 heterocycles. The number of alkyl halides is 3. The summed E-state index contributed by atoms with van der Waals surface area (Å²) in [6.45, 7) is 2.03. The molecule has 2 aromatic carbocycles. The van der Waals surface area contributed by atoms with Crippen LogP contribution < -0.4 is 10.6 Å². The maximum Gasteiger partial charge on any atom is 0.418 e. The van der Waals surface area contributed by atoms with E-state index in [1.807, 2.05) is 0 Å². The lowest BCUT2D eigenvalue weighted by atomic mass is 10.1. The van der Waals surface area contributed by atoms with Gasteiger partial charge >= 0.3 is 6.18 Å². The van der Waals surface area contributed by atoms with E-state index in [0.717, 1.165) is 12.1 Å². The van der Waals surface area contributed by atoms with Crippen molar-refractivity contribution < 1.29 is 27.5 Å². The Morgan fingerprint density at radius 3 is 2.61 bits per heavy atom. The fourth-order valence-electron chi connectivity index (χ4n) is 3.64. The SMILES string of the molecule is Cc1nc2ccc(Cl)cc2cc1C(=O)Nc1ccc(NC(=O)C2CCCO2)cc1C(F)(F)F. The van der Waals surface area contributed by atoms with Gasteiger partial charge in [-0.25, -0.2) is 0 Å². The Kier molecular flexibility index (Phi) is 6.27. The molecule has 1 saturated heterocycles. The number of aromatic nitrogens is 1. The van der Waals surface area contributed by atoms with E-state index in [1.54, 1.807) is 25.1 Å². The predicted molar refractivity (Wildman–Crippen MR) is 118 cm³/mol. The van der Waals surface area contributed by atoms with Gasteiger partial charge in [0.05, 0.1) is 28.0 Å². The second-order valence-electron chi connectivity index (χ2n) is 7.66. The van der Waals surface area contributed by atoms with Crippen LogP contribution in [0, 0.1) is 6.92 Å². The van der Waals surface area contributed by atoms with Gasteiger partial charge in [0.1, 0.15) is 6.10 Å². The van der Waals surface area contributed by atoms with Crippen molar-refractivity contribution in [3.05, 3.63) is 64.3 Å². The molecule has 0 spiro atoms.